The molecule has 0 aliphatic carbocycles. The van der Waals surface area contributed by atoms with Gasteiger partial charge in [-0.15, -0.1) is 0 Å². The molecule has 2 aromatic carbocycles. The summed E-state index contributed by atoms with van der Waals surface area (Å²) in [7, 11) is 0. The SMILES string of the molecule is CCc1cccc(CC)c1N1C[C@H](C(=O)NNC(=O)c2ccccc2)CC1=O. The largest absolute Gasteiger partial charge is 0.311 e. The Labute approximate surface area is 164 Å². The Balaban J connectivity index is 1.68. The summed E-state index contributed by atoms with van der Waals surface area (Å²) in [5.74, 6) is -1.31. The molecule has 1 heterocycles. The average Bonchev–Trinajstić information content (AvgIpc) is 3.12. The zero-order valence-corrected chi connectivity index (χ0v) is 16.2. The maximum absolute atomic E-state index is 12.6. The lowest BCUT2D eigenvalue weighted by Gasteiger charge is -2.23. The summed E-state index contributed by atoms with van der Waals surface area (Å²) in [6, 6.07) is 14.7. The molecule has 0 aromatic heterocycles. The van der Waals surface area contributed by atoms with Crippen LogP contribution in [-0.4, -0.2) is 24.3 Å². The highest BCUT2D eigenvalue weighted by atomic mass is 16.2. The van der Waals surface area contributed by atoms with Gasteiger partial charge in [0, 0.05) is 24.2 Å². The molecule has 0 radical (unpaired) electrons. The quantitative estimate of drug-likeness (QED) is 0.784. The number of benzene rings is 2. The Morgan fingerprint density at radius 3 is 2.21 bits per heavy atom. The molecule has 2 N–H and O–H groups in total. The van der Waals surface area contributed by atoms with Gasteiger partial charge in [-0.25, -0.2) is 0 Å². The van der Waals surface area contributed by atoms with Gasteiger partial charge < -0.3 is 4.90 Å². The Bertz CT molecular complexity index is 858. The lowest BCUT2D eigenvalue weighted by atomic mass is 10.0. The van der Waals surface area contributed by atoms with Gasteiger partial charge in [0.15, 0.2) is 0 Å². The second kappa shape index (κ2) is 8.69. The van der Waals surface area contributed by atoms with E-state index in [2.05, 4.69) is 24.7 Å². The zero-order chi connectivity index (χ0) is 20.1. The van der Waals surface area contributed by atoms with E-state index >= 15 is 0 Å². The number of amides is 3. The molecule has 1 aliphatic rings. The van der Waals surface area contributed by atoms with Crippen LogP contribution in [0.4, 0.5) is 5.69 Å². The van der Waals surface area contributed by atoms with E-state index < -0.39 is 5.92 Å². The van der Waals surface area contributed by atoms with Crippen LogP contribution in [0.5, 0.6) is 0 Å². The fourth-order valence-corrected chi connectivity index (χ4v) is 3.54. The number of para-hydroxylation sites is 1. The highest BCUT2D eigenvalue weighted by Gasteiger charge is 2.36. The maximum atomic E-state index is 12.6. The van der Waals surface area contributed by atoms with Gasteiger partial charge in [-0.1, -0.05) is 50.2 Å². The van der Waals surface area contributed by atoms with E-state index in [0.717, 1.165) is 29.7 Å². The van der Waals surface area contributed by atoms with Crippen molar-refractivity contribution in [1.82, 2.24) is 10.9 Å². The zero-order valence-electron chi connectivity index (χ0n) is 16.2. The summed E-state index contributed by atoms with van der Waals surface area (Å²) >= 11 is 0. The van der Waals surface area contributed by atoms with E-state index in [1.54, 1.807) is 29.2 Å². The minimum atomic E-state index is -0.502. The number of hydrogen-bond donors (Lipinski definition) is 2. The molecule has 1 aliphatic heterocycles. The minimum absolute atomic E-state index is 0.0647. The third-order valence-corrected chi connectivity index (χ3v) is 5.07. The smallest absolute Gasteiger partial charge is 0.269 e. The first-order chi connectivity index (χ1) is 13.5. The molecule has 6 nitrogen and oxygen atoms in total. The average molecular weight is 379 g/mol. The molecule has 1 fully saturated rings. The van der Waals surface area contributed by atoms with Gasteiger partial charge in [0.1, 0.15) is 0 Å². The van der Waals surface area contributed by atoms with E-state index in [-0.39, 0.29) is 24.1 Å². The summed E-state index contributed by atoms with van der Waals surface area (Å²) < 4.78 is 0. The van der Waals surface area contributed by atoms with Crippen LogP contribution in [0.15, 0.2) is 48.5 Å². The topological polar surface area (TPSA) is 78.5 Å². The number of hydrazine groups is 1. The van der Waals surface area contributed by atoms with Crippen molar-refractivity contribution in [3.8, 4) is 0 Å². The van der Waals surface area contributed by atoms with Crippen molar-refractivity contribution in [1.29, 1.82) is 0 Å². The molecule has 0 saturated carbocycles. The van der Waals surface area contributed by atoms with Crippen LogP contribution in [0.2, 0.25) is 0 Å². The van der Waals surface area contributed by atoms with E-state index in [0.29, 0.717) is 12.1 Å². The van der Waals surface area contributed by atoms with Crippen LogP contribution in [0, 0.1) is 5.92 Å². The number of hydrogen-bond acceptors (Lipinski definition) is 3. The predicted octanol–water partition coefficient (Wildman–Crippen LogP) is 2.63. The first-order valence-corrected chi connectivity index (χ1v) is 9.61. The number of aryl methyl sites for hydroxylation is 2. The number of carbonyl (C=O) groups excluding carboxylic acids is 3. The fraction of sp³-hybridized carbons (Fsp3) is 0.318. The fourth-order valence-electron chi connectivity index (χ4n) is 3.54. The van der Waals surface area contributed by atoms with Crippen molar-refractivity contribution in [2.75, 3.05) is 11.4 Å². The predicted molar refractivity (Wildman–Crippen MR) is 108 cm³/mol. The van der Waals surface area contributed by atoms with Crippen molar-refractivity contribution in [3.63, 3.8) is 0 Å². The van der Waals surface area contributed by atoms with E-state index in [1.807, 2.05) is 24.3 Å². The summed E-state index contributed by atoms with van der Waals surface area (Å²) in [6.45, 7) is 4.43. The Kier molecular flexibility index (Phi) is 6.09. The van der Waals surface area contributed by atoms with E-state index in [9.17, 15) is 14.4 Å². The molecule has 0 unspecified atom stereocenters. The minimum Gasteiger partial charge on any atom is -0.311 e. The van der Waals surface area contributed by atoms with Gasteiger partial charge in [-0.2, -0.15) is 0 Å². The van der Waals surface area contributed by atoms with Crippen LogP contribution in [0.3, 0.4) is 0 Å². The molecule has 3 rings (SSSR count). The Morgan fingerprint density at radius 2 is 1.61 bits per heavy atom. The van der Waals surface area contributed by atoms with Crippen molar-refractivity contribution in [3.05, 3.63) is 65.2 Å². The van der Waals surface area contributed by atoms with Crippen molar-refractivity contribution in [2.45, 2.75) is 33.1 Å². The molecule has 28 heavy (non-hydrogen) atoms. The lowest BCUT2D eigenvalue weighted by molar-refractivity contribution is -0.126. The molecule has 6 heteroatoms. The number of anilines is 1. The number of nitrogens with zero attached hydrogens (tertiary/aromatic N) is 1. The molecular formula is C22H25N3O3. The molecule has 146 valence electrons. The van der Waals surface area contributed by atoms with Gasteiger partial charge in [-0.3, -0.25) is 25.2 Å². The highest BCUT2D eigenvalue weighted by Crippen LogP contribution is 2.32. The van der Waals surface area contributed by atoms with E-state index in [1.165, 1.54) is 0 Å². The van der Waals surface area contributed by atoms with Crippen molar-refractivity contribution in [2.24, 2.45) is 5.92 Å². The maximum Gasteiger partial charge on any atom is 0.269 e. The normalized spacial score (nSPS) is 16.1. The van der Waals surface area contributed by atoms with Crippen LogP contribution in [0.25, 0.3) is 0 Å². The highest BCUT2D eigenvalue weighted by molar-refractivity contribution is 6.02. The third kappa shape index (κ3) is 4.06. The first-order valence-electron chi connectivity index (χ1n) is 9.61. The molecule has 1 saturated heterocycles. The van der Waals surface area contributed by atoms with Crippen molar-refractivity contribution < 1.29 is 14.4 Å². The molecule has 0 spiro atoms. The van der Waals surface area contributed by atoms with Gasteiger partial charge in [0.05, 0.1) is 5.92 Å². The Hall–Kier alpha value is -3.15. The van der Waals surface area contributed by atoms with Crippen molar-refractivity contribution >= 4 is 23.4 Å². The number of rotatable bonds is 5. The summed E-state index contributed by atoms with van der Waals surface area (Å²) in [4.78, 5) is 39.0. The number of carbonyl (C=O) groups is 3. The third-order valence-electron chi connectivity index (χ3n) is 5.07. The Morgan fingerprint density at radius 1 is 0.964 bits per heavy atom. The van der Waals surface area contributed by atoms with E-state index in [4.69, 9.17) is 0 Å². The first kappa shape index (κ1) is 19.6. The summed E-state index contributed by atoms with van der Waals surface area (Å²) in [5, 5.41) is 0. The van der Waals surface area contributed by atoms with Gasteiger partial charge in [0.2, 0.25) is 11.8 Å². The molecule has 1 atom stereocenters. The second-order valence-corrected chi connectivity index (χ2v) is 6.85. The monoisotopic (exact) mass is 379 g/mol. The van der Waals surface area contributed by atoms with Crippen LogP contribution < -0.4 is 15.8 Å². The lowest BCUT2D eigenvalue weighted by Crippen LogP contribution is -2.45. The van der Waals surface area contributed by atoms with Crippen LogP contribution in [-0.2, 0) is 22.4 Å². The van der Waals surface area contributed by atoms with Crippen LogP contribution >= 0.6 is 0 Å². The van der Waals surface area contributed by atoms with Gasteiger partial charge >= 0.3 is 0 Å². The summed E-state index contributed by atoms with van der Waals surface area (Å²) in [5.41, 5.74) is 8.47. The summed E-state index contributed by atoms with van der Waals surface area (Å²) in [6.07, 6.45) is 1.77. The van der Waals surface area contributed by atoms with Crippen LogP contribution in [0.1, 0.15) is 41.8 Å². The molecule has 2 aromatic rings. The molecule has 0 bridgehead atoms. The molecular weight excluding hydrogens is 354 g/mol. The standard InChI is InChI=1S/C22H25N3O3/c1-3-15-11-8-12-16(4-2)20(15)25-14-18(13-19(25)26)22(28)24-23-21(27)17-9-6-5-7-10-17/h5-12,18H,3-4,13-14H2,1-2H3,(H,23,27)(H,24,28)/t18-/m1/s1. The van der Waals surface area contributed by atoms with Gasteiger partial charge in [0.25, 0.3) is 5.91 Å². The second-order valence-electron chi connectivity index (χ2n) is 6.85. The van der Waals surface area contributed by atoms with Gasteiger partial charge in [-0.05, 0) is 36.1 Å². The molecule has 3 amide bonds. The number of nitrogens with one attached hydrogen (secondary N) is 2.